The SMILES string of the molecule is CCCCN(CCO)CCCC(=O)N(CC)CC. The van der Waals surface area contributed by atoms with Gasteiger partial charge in [0.1, 0.15) is 0 Å². The van der Waals surface area contributed by atoms with Gasteiger partial charge in [-0.3, -0.25) is 4.79 Å². The molecular weight excluding hydrogens is 228 g/mol. The molecule has 0 fully saturated rings. The standard InChI is InChI=1S/C14H30N2O2/c1-4-7-10-15(12-13-17)11-8-9-14(18)16(5-2)6-3/h17H,4-13H2,1-3H3. The van der Waals surface area contributed by atoms with Crippen LogP contribution in [0.5, 0.6) is 0 Å². The number of carbonyl (C=O) groups is 1. The third-order valence-electron chi connectivity index (χ3n) is 3.23. The summed E-state index contributed by atoms with van der Waals surface area (Å²) in [4.78, 5) is 15.9. The first kappa shape index (κ1) is 17.4. The number of hydrogen-bond acceptors (Lipinski definition) is 3. The zero-order chi connectivity index (χ0) is 13.8. The van der Waals surface area contributed by atoms with Gasteiger partial charge in [0.2, 0.25) is 5.91 Å². The number of hydrogen-bond donors (Lipinski definition) is 1. The van der Waals surface area contributed by atoms with E-state index in [-0.39, 0.29) is 12.5 Å². The molecule has 0 rings (SSSR count). The summed E-state index contributed by atoms with van der Waals surface area (Å²) in [6.45, 7) is 10.6. The summed E-state index contributed by atoms with van der Waals surface area (Å²) in [5, 5.41) is 8.99. The van der Waals surface area contributed by atoms with Crippen LogP contribution in [0.4, 0.5) is 0 Å². The van der Waals surface area contributed by atoms with Crippen LogP contribution in [0.15, 0.2) is 0 Å². The molecule has 1 N–H and O–H groups in total. The van der Waals surface area contributed by atoms with Crippen LogP contribution in [0, 0.1) is 0 Å². The number of carbonyl (C=O) groups excluding carboxylic acids is 1. The monoisotopic (exact) mass is 258 g/mol. The van der Waals surface area contributed by atoms with E-state index >= 15 is 0 Å². The van der Waals surface area contributed by atoms with Crippen LogP contribution < -0.4 is 0 Å². The second kappa shape index (κ2) is 11.5. The minimum atomic E-state index is 0.202. The molecule has 0 bridgehead atoms. The lowest BCUT2D eigenvalue weighted by molar-refractivity contribution is -0.130. The largest absolute Gasteiger partial charge is 0.395 e. The smallest absolute Gasteiger partial charge is 0.222 e. The molecule has 0 aromatic carbocycles. The van der Waals surface area contributed by atoms with Gasteiger partial charge in [-0.15, -0.1) is 0 Å². The zero-order valence-corrected chi connectivity index (χ0v) is 12.3. The predicted octanol–water partition coefficient (Wildman–Crippen LogP) is 1.73. The highest BCUT2D eigenvalue weighted by Gasteiger charge is 2.10. The van der Waals surface area contributed by atoms with Gasteiger partial charge in [0, 0.05) is 26.1 Å². The second-order valence-corrected chi connectivity index (χ2v) is 4.59. The molecule has 0 aromatic heterocycles. The Hall–Kier alpha value is -0.610. The average molecular weight is 258 g/mol. The first-order valence-electron chi connectivity index (χ1n) is 7.30. The molecule has 0 aromatic rings. The molecule has 4 nitrogen and oxygen atoms in total. The van der Waals surface area contributed by atoms with Gasteiger partial charge in [-0.25, -0.2) is 0 Å². The molecule has 0 aliphatic rings. The number of nitrogens with zero attached hydrogens (tertiary/aromatic N) is 2. The maximum atomic E-state index is 11.8. The highest BCUT2D eigenvalue weighted by atomic mass is 16.3. The van der Waals surface area contributed by atoms with Crippen LogP contribution in [0.1, 0.15) is 46.5 Å². The highest BCUT2D eigenvalue weighted by Crippen LogP contribution is 2.02. The maximum Gasteiger partial charge on any atom is 0.222 e. The fraction of sp³-hybridized carbons (Fsp3) is 0.929. The van der Waals surface area contributed by atoms with Crippen molar-refractivity contribution < 1.29 is 9.90 Å². The van der Waals surface area contributed by atoms with Crippen molar-refractivity contribution in [2.75, 3.05) is 39.3 Å². The van der Waals surface area contributed by atoms with Crippen LogP contribution in [0.25, 0.3) is 0 Å². The van der Waals surface area contributed by atoms with Crippen molar-refractivity contribution in [1.82, 2.24) is 9.80 Å². The Kier molecular flexibility index (Phi) is 11.1. The van der Waals surface area contributed by atoms with Crippen LogP contribution in [-0.4, -0.2) is 60.1 Å². The molecule has 108 valence electrons. The van der Waals surface area contributed by atoms with Crippen LogP contribution >= 0.6 is 0 Å². The lowest BCUT2D eigenvalue weighted by Crippen LogP contribution is -2.32. The quantitative estimate of drug-likeness (QED) is 0.614. The highest BCUT2D eigenvalue weighted by molar-refractivity contribution is 5.76. The van der Waals surface area contributed by atoms with Crippen molar-refractivity contribution in [3.05, 3.63) is 0 Å². The minimum Gasteiger partial charge on any atom is -0.395 e. The number of aliphatic hydroxyl groups excluding tert-OH is 1. The zero-order valence-electron chi connectivity index (χ0n) is 12.3. The molecule has 18 heavy (non-hydrogen) atoms. The Morgan fingerprint density at radius 1 is 1.00 bits per heavy atom. The van der Waals surface area contributed by atoms with Crippen molar-refractivity contribution in [2.24, 2.45) is 0 Å². The van der Waals surface area contributed by atoms with E-state index in [0.717, 1.165) is 45.6 Å². The van der Waals surface area contributed by atoms with Crippen LogP contribution in [0.2, 0.25) is 0 Å². The summed E-state index contributed by atoms with van der Waals surface area (Å²) in [5.41, 5.74) is 0. The number of unbranched alkanes of at least 4 members (excludes halogenated alkanes) is 1. The first-order valence-corrected chi connectivity index (χ1v) is 7.30. The summed E-state index contributed by atoms with van der Waals surface area (Å²) in [6.07, 6.45) is 3.83. The van der Waals surface area contributed by atoms with Gasteiger partial charge in [0.05, 0.1) is 6.61 Å². The van der Waals surface area contributed by atoms with E-state index < -0.39 is 0 Å². The van der Waals surface area contributed by atoms with Crippen molar-refractivity contribution in [1.29, 1.82) is 0 Å². The van der Waals surface area contributed by atoms with E-state index in [9.17, 15) is 4.79 Å². The molecule has 4 heteroatoms. The summed E-state index contributed by atoms with van der Waals surface area (Å²) >= 11 is 0. The van der Waals surface area contributed by atoms with Gasteiger partial charge in [0.25, 0.3) is 0 Å². The normalized spacial score (nSPS) is 10.9. The Balaban J connectivity index is 3.86. The third-order valence-corrected chi connectivity index (χ3v) is 3.23. The Bertz CT molecular complexity index is 206. The fourth-order valence-electron chi connectivity index (χ4n) is 2.05. The molecule has 0 saturated carbocycles. The van der Waals surface area contributed by atoms with E-state index in [0.29, 0.717) is 6.42 Å². The molecular formula is C14H30N2O2. The lowest BCUT2D eigenvalue weighted by Gasteiger charge is -2.22. The van der Waals surface area contributed by atoms with Gasteiger partial charge in [-0.2, -0.15) is 0 Å². The molecule has 0 radical (unpaired) electrons. The van der Waals surface area contributed by atoms with Crippen molar-refractivity contribution >= 4 is 5.91 Å². The molecule has 0 spiro atoms. The molecule has 0 aliphatic heterocycles. The van der Waals surface area contributed by atoms with Gasteiger partial charge in [-0.1, -0.05) is 13.3 Å². The summed E-state index contributed by atoms with van der Waals surface area (Å²) < 4.78 is 0. The first-order chi connectivity index (χ1) is 8.69. The number of rotatable bonds is 11. The van der Waals surface area contributed by atoms with E-state index in [2.05, 4.69) is 11.8 Å². The Morgan fingerprint density at radius 2 is 1.61 bits per heavy atom. The van der Waals surface area contributed by atoms with E-state index in [1.807, 2.05) is 18.7 Å². The van der Waals surface area contributed by atoms with Gasteiger partial charge in [0.15, 0.2) is 0 Å². The van der Waals surface area contributed by atoms with Crippen molar-refractivity contribution in [3.8, 4) is 0 Å². The molecule has 1 amide bonds. The summed E-state index contributed by atoms with van der Waals surface area (Å²) in [6, 6.07) is 0. The Morgan fingerprint density at radius 3 is 2.11 bits per heavy atom. The maximum absolute atomic E-state index is 11.8. The molecule has 0 unspecified atom stereocenters. The molecule has 0 saturated heterocycles. The number of aliphatic hydroxyl groups is 1. The summed E-state index contributed by atoms with van der Waals surface area (Å²) in [5.74, 6) is 0.249. The second-order valence-electron chi connectivity index (χ2n) is 4.59. The van der Waals surface area contributed by atoms with E-state index in [1.165, 1.54) is 6.42 Å². The van der Waals surface area contributed by atoms with Crippen LogP contribution in [-0.2, 0) is 4.79 Å². The van der Waals surface area contributed by atoms with E-state index in [4.69, 9.17) is 5.11 Å². The Labute approximate surface area is 112 Å². The third kappa shape index (κ3) is 7.67. The number of amides is 1. The molecule has 0 heterocycles. The predicted molar refractivity (Wildman–Crippen MR) is 75.6 cm³/mol. The van der Waals surface area contributed by atoms with E-state index in [1.54, 1.807) is 0 Å². The van der Waals surface area contributed by atoms with Gasteiger partial charge in [-0.05, 0) is 39.8 Å². The van der Waals surface area contributed by atoms with Gasteiger partial charge >= 0.3 is 0 Å². The topological polar surface area (TPSA) is 43.8 Å². The molecule has 0 atom stereocenters. The van der Waals surface area contributed by atoms with Crippen LogP contribution in [0.3, 0.4) is 0 Å². The summed E-state index contributed by atoms with van der Waals surface area (Å²) in [7, 11) is 0. The van der Waals surface area contributed by atoms with Gasteiger partial charge < -0.3 is 14.9 Å². The fourth-order valence-corrected chi connectivity index (χ4v) is 2.05. The minimum absolute atomic E-state index is 0.202. The molecule has 0 aliphatic carbocycles. The van der Waals surface area contributed by atoms with Crippen molar-refractivity contribution in [3.63, 3.8) is 0 Å². The van der Waals surface area contributed by atoms with Crippen molar-refractivity contribution in [2.45, 2.75) is 46.5 Å². The average Bonchev–Trinajstić information content (AvgIpc) is 2.37. The lowest BCUT2D eigenvalue weighted by atomic mass is 10.2.